The normalized spacial score (nSPS) is 14.8. The highest BCUT2D eigenvalue weighted by molar-refractivity contribution is 6.04. The third-order valence-electron chi connectivity index (χ3n) is 8.37. The summed E-state index contributed by atoms with van der Waals surface area (Å²) in [6, 6.07) is 19.2. The lowest BCUT2D eigenvalue weighted by Gasteiger charge is -2.29. The van der Waals surface area contributed by atoms with Crippen LogP contribution in [0.2, 0.25) is 0 Å². The molecule has 0 spiro atoms. The Hall–Kier alpha value is -4.25. The maximum absolute atomic E-state index is 13.1. The number of carbonyl (C=O) groups excluding carboxylic acids is 2. The van der Waals surface area contributed by atoms with Crippen LogP contribution >= 0.6 is 0 Å². The first-order valence-corrected chi connectivity index (χ1v) is 15.2. The molecule has 0 saturated carbocycles. The molecule has 1 unspecified atom stereocenters. The number of nitrogens with one attached hydrogen (secondary N) is 2. The Balaban J connectivity index is 1.29. The summed E-state index contributed by atoms with van der Waals surface area (Å²) in [5.74, 6) is 0.239. The van der Waals surface area contributed by atoms with Crippen molar-refractivity contribution in [1.29, 1.82) is 0 Å². The molecule has 1 aliphatic heterocycles. The second kappa shape index (κ2) is 14.5. The van der Waals surface area contributed by atoms with Gasteiger partial charge in [-0.05, 0) is 80.6 Å². The van der Waals surface area contributed by atoms with Gasteiger partial charge in [0.25, 0.3) is 5.91 Å². The lowest BCUT2D eigenvalue weighted by Crippen LogP contribution is -2.37. The van der Waals surface area contributed by atoms with Crippen LogP contribution in [0.4, 0.5) is 22.0 Å². The molecule has 5 rings (SSSR count). The Kier molecular flexibility index (Phi) is 10.3. The average molecular weight is 599 g/mol. The number of benzene rings is 2. The van der Waals surface area contributed by atoms with E-state index in [1.165, 1.54) is 5.56 Å². The zero-order valence-electron chi connectivity index (χ0n) is 25.7. The Morgan fingerprint density at radius 1 is 1.07 bits per heavy atom. The summed E-state index contributed by atoms with van der Waals surface area (Å²) < 4.78 is 7.10. The van der Waals surface area contributed by atoms with Crippen molar-refractivity contribution in [3.63, 3.8) is 0 Å². The van der Waals surface area contributed by atoms with Crippen molar-refractivity contribution in [3.8, 4) is 0 Å². The van der Waals surface area contributed by atoms with Crippen molar-refractivity contribution in [2.75, 3.05) is 50.6 Å². The number of nitrogens with zero attached hydrogens (tertiary/aromatic N) is 4. The van der Waals surface area contributed by atoms with Crippen molar-refractivity contribution in [3.05, 3.63) is 84.2 Å². The van der Waals surface area contributed by atoms with Gasteiger partial charge in [0.15, 0.2) is 0 Å². The molecular weight excluding hydrogens is 556 g/mol. The van der Waals surface area contributed by atoms with Crippen molar-refractivity contribution in [1.82, 2.24) is 19.8 Å². The van der Waals surface area contributed by atoms with E-state index >= 15 is 0 Å². The van der Waals surface area contributed by atoms with Gasteiger partial charge in [0, 0.05) is 81.1 Å². The van der Waals surface area contributed by atoms with Crippen LogP contribution in [0.5, 0.6) is 0 Å². The van der Waals surface area contributed by atoms with E-state index < -0.39 is 0 Å². The van der Waals surface area contributed by atoms with Gasteiger partial charge in [-0.25, -0.2) is 9.78 Å². The average Bonchev–Trinajstić information content (AvgIpc) is 3.48. The second-order valence-electron chi connectivity index (χ2n) is 11.3. The second-order valence-corrected chi connectivity index (χ2v) is 11.3. The molecule has 1 aliphatic rings. The first-order chi connectivity index (χ1) is 21.3. The summed E-state index contributed by atoms with van der Waals surface area (Å²) in [4.78, 5) is 34.4. The van der Waals surface area contributed by atoms with Gasteiger partial charge in [-0.15, -0.1) is 0 Å². The molecule has 10 nitrogen and oxygen atoms in total. The lowest BCUT2D eigenvalue weighted by atomic mass is 10.1. The Bertz CT molecular complexity index is 1560. The molecule has 10 heteroatoms. The third kappa shape index (κ3) is 7.63. The fraction of sp³-hybridized carbons (Fsp3) is 0.382. The molecule has 3 heterocycles. The van der Waals surface area contributed by atoms with Gasteiger partial charge in [-0.1, -0.05) is 12.1 Å². The Labute approximate surface area is 258 Å². The van der Waals surface area contributed by atoms with E-state index in [1.807, 2.05) is 61.5 Å². The number of anilines is 3. The van der Waals surface area contributed by atoms with E-state index in [2.05, 4.69) is 31.5 Å². The molecular formula is C34H42N6O4. The molecule has 1 atom stereocenters. The molecule has 0 radical (unpaired) electrons. The monoisotopic (exact) mass is 598 g/mol. The van der Waals surface area contributed by atoms with Crippen LogP contribution in [-0.4, -0.2) is 84.0 Å². The summed E-state index contributed by atoms with van der Waals surface area (Å²) in [7, 11) is 3.32. The summed E-state index contributed by atoms with van der Waals surface area (Å²) in [5, 5.41) is 16.3. The standard InChI is InChI=1S/C34H42N6O4/c1-24(44-3)11-20-39(28-8-9-31-27(22-28)13-21-40(31)34(43)35-2)29-10-16-36-32(23-29)37-33(42)26-6-4-25(5-7-26)12-17-38-18-14-30(41)15-19-38/h4-10,13,16,21-24,30,41H,11-12,14-15,17-20H2,1-3H3,(H,35,43)(H,36,37,42). The van der Waals surface area contributed by atoms with E-state index in [1.54, 1.807) is 31.1 Å². The zero-order chi connectivity index (χ0) is 31.1. The van der Waals surface area contributed by atoms with E-state index in [-0.39, 0.29) is 24.1 Å². The fourth-order valence-corrected chi connectivity index (χ4v) is 5.53. The van der Waals surface area contributed by atoms with Crippen LogP contribution < -0.4 is 15.5 Å². The minimum Gasteiger partial charge on any atom is -0.393 e. The molecule has 2 amide bonds. The number of pyridine rings is 1. The predicted molar refractivity (Wildman–Crippen MR) is 174 cm³/mol. The van der Waals surface area contributed by atoms with E-state index in [4.69, 9.17) is 4.74 Å². The SMILES string of the molecule is CNC(=O)n1ccc2cc(N(CCC(C)OC)c3ccnc(NC(=O)c4ccc(CCN5CCC(O)CC5)cc4)c3)ccc21. The highest BCUT2D eigenvalue weighted by Gasteiger charge is 2.18. The molecule has 44 heavy (non-hydrogen) atoms. The number of ether oxygens (including phenoxy) is 1. The molecule has 4 aromatic rings. The van der Waals surface area contributed by atoms with Crippen molar-refractivity contribution < 1.29 is 19.4 Å². The van der Waals surface area contributed by atoms with Crippen molar-refractivity contribution in [2.24, 2.45) is 0 Å². The first kappa shape index (κ1) is 31.2. The summed E-state index contributed by atoms with van der Waals surface area (Å²) >= 11 is 0. The minimum absolute atomic E-state index is 0.0623. The molecule has 2 aromatic heterocycles. The van der Waals surface area contributed by atoms with Gasteiger partial charge in [0.05, 0.1) is 17.7 Å². The summed E-state index contributed by atoms with van der Waals surface area (Å²) in [5.41, 5.74) is 4.40. The summed E-state index contributed by atoms with van der Waals surface area (Å²) in [6.45, 7) is 5.51. The third-order valence-corrected chi connectivity index (χ3v) is 8.37. The number of hydrogen-bond donors (Lipinski definition) is 3. The molecule has 0 bridgehead atoms. The van der Waals surface area contributed by atoms with E-state index in [9.17, 15) is 14.7 Å². The van der Waals surface area contributed by atoms with Gasteiger partial charge >= 0.3 is 6.03 Å². The number of carbonyl (C=O) groups is 2. The van der Waals surface area contributed by atoms with Crippen LogP contribution in [0.25, 0.3) is 10.9 Å². The van der Waals surface area contributed by atoms with Crippen molar-refractivity contribution >= 4 is 40.0 Å². The van der Waals surface area contributed by atoms with Crippen LogP contribution in [0.1, 0.15) is 42.1 Å². The minimum atomic E-state index is -0.220. The van der Waals surface area contributed by atoms with Gasteiger partial charge in [0.2, 0.25) is 0 Å². The van der Waals surface area contributed by atoms with Crippen LogP contribution in [0, 0.1) is 0 Å². The molecule has 232 valence electrons. The number of rotatable bonds is 11. The quantitative estimate of drug-likeness (QED) is 0.222. The van der Waals surface area contributed by atoms with E-state index in [0.29, 0.717) is 17.9 Å². The number of fused-ring (bicyclic) bond motifs is 1. The number of amides is 2. The highest BCUT2D eigenvalue weighted by atomic mass is 16.5. The highest BCUT2D eigenvalue weighted by Crippen LogP contribution is 2.31. The van der Waals surface area contributed by atoms with Crippen LogP contribution in [0.3, 0.4) is 0 Å². The van der Waals surface area contributed by atoms with Gasteiger partial charge < -0.3 is 30.3 Å². The van der Waals surface area contributed by atoms with Crippen LogP contribution in [-0.2, 0) is 11.2 Å². The molecule has 2 aromatic carbocycles. The maximum atomic E-state index is 13.1. The number of piperidine rings is 1. The number of aromatic nitrogens is 2. The zero-order valence-corrected chi connectivity index (χ0v) is 25.7. The van der Waals surface area contributed by atoms with Crippen molar-refractivity contribution in [2.45, 2.75) is 44.8 Å². The number of aliphatic hydroxyl groups excluding tert-OH is 1. The first-order valence-electron chi connectivity index (χ1n) is 15.2. The topological polar surface area (TPSA) is 112 Å². The molecule has 3 N–H and O–H groups in total. The van der Waals surface area contributed by atoms with E-state index in [0.717, 1.165) is 67.6 Å². The number of methoxy groups -OCH3 is 1. The Morgan fingerprint density at radius 3 is 2.55 bits per heavy atom. The Morgan fingerprint density at radius 2 is 1.82 bits per heavy atom. The molecule has 1 fully saturated rings. The number of aliphatic hydroxyl groups is 1. The number of likely N-dealkylation sites (tertiary alicyclic amines) is 1. The van der Waals surface area contributed by atoms with Gasteiger partial charge in [0.1, 0.15) is 5.82 Å². The molecule has 1 saturated heterocycles. The predicted octanol–water partition coefficient (Wildman–Crippen LogP) is 5.04. The maximum Gasteiger partial charge on any atom is 0.325 e. The molecule has 0 aliphatic carbocycles. The smallest absolute Gasteiger partial charge is 0.325 e. The van der Waals surface area contributed by atoms with Crippen LogP contribution in [0.15, 0.2) is 73.1 Å². The number of hydrogen-bond acceptors (Lipinski definition) is 7. The fourth-order valence-electron chi connectivity index (χ4n) is 5.53. The lowest BCUT2D eigenvalue weighted by molar-refractivity contribution is 0.0832. The van der Waals surface area contributed by atoms with Gasteiger partial charge in [-0.3, -0.25) is 9.36 Å². The largest absolute Gasteiger partial charge is 0.393 e. The summed E-state index contributed by atoms with van der Waals surface area (Å²) in [6.07, 6.45) is 6.71. The van der Waals surface area contributed by atoms with Gasteiger partial charge in [-0.2, -0.15) is 0 Å².